The second kappa shape index (κ2) is 7.87. The first-order chi connectivity index (χ1) is 10.1. The van der Waals surface area contributed by atoms with Gasteiger partial charge < -0.3 is 14.7 Å². The topological polar surface area (TPSA) is 49.8 Å². The van der Waals surface area contributed by atoms with Crippen LogP contribution in [0.3, 0.4) is 0 Å². The molecule has 1 N–H and O–H groups in total. The van der Waals surface area contributed by atoms with Crippen molar-refractivity contribution in [1.29, 1.82) is 0 Å². The third-order valence-electron chi connectivity index (χ3n) is 3.65. The minimum Gasteiger partial charge on any atom is -0.482 e. The predicted octanol–water partition coefficient (Wildman–Crippen LogP) is 3.14. The van der Waals surface area contributed by atoms with Crippen LogP contribution in [0.2, 0.25) is 10.0 Å². The average molecular weight is 332 g/mol. The number of hydrogen-bond donors (Lipinski definition) is 1. The number of amides is 1. The van der Waals surface area contributed by atoms with Gasteiger partial charge in [-0.1, -0.05) is 23.2 Å². The number of carbonyl (C=O) groups is 1. The Balaban J connectivity index is 1.95. The third-order valence-corrected chi connectivity index (χ3v) is 4.20. The molecule has 21 heavy (non-hydrogen) atoms. The predicted molar refractivity (Wildman–Crippen MR) is 83.0 cm³/mol. The number of hydrogen-bond acceptors (Lipinski definition) is 3. The molecule has 4 nitrogen and oxygen atoms in total. The zero-order chi connectivity index (χ0) is 15.2. The summed E-state index contributed by atoms with van der Waals surface area (Å²) in [6.07, 6.45) is 3.63. The summed E-state index contributed by atoms with van der Waals surface area (Å²) in [4.78, 5) is 14.1. The van der Waals surface area contributed by atoms with Gasteiger partial charge in [-0.2, -0.15) is 0 Å². The smallest absolute Gasteiger partial charge is 0.260 e. The number of piperidine rings is 1. The second-order valence-corrected chi connectivity index (χ2v) is 5.96. The molecule has 1 atom stereocenters. The molecule has 1 unspecified atom stereocenters. The summed E-state index contributed by atoms with van der Waals surface area (Å²) < 4.78 is 5.49. The van der Waals surface area contributed by atoms with Gasteiger partial charge in [-0.15, -0.1) is 0 Å². The Bertz CT molecular complexity index is 494. The molecular formula is C15H19Cl2NO3. The number of nitrogens with zero attached hydrogens (tertiary/aromatic N) is 1. The number of rotatable bonds is 5. The molecule has 1 aromatic rings. The number of aliphatic hydroxyl groups is 1. The largest absolute Gasteiger partial charge is 0.482 e. The number of aliphatic hydroxyl groups excluding tert-OH is 1. The number of carbonyl (C=O) groups excluding carboxylic acids is 1. The first kappa shape index (κ1) is 16.4. The monoisotopic (exact) mass is 331 g/mol. The van der Waals surface area contributed by atoms with Crippen LogP contribution in [0.5, 0.6) is 5.75 Å². The molecule has 1 saturated heterocycles. The molecule has 6 heteroatoms. The molecule has 0 radical (unpaired) electrons. The van der Waals surface area contributed by atoms with Crippen LogP contribution in [0, 0.1) is 0 Å². The number of ether oxygens (including phenoxy) is 1. The van der Waals surface area contributed by atoms with Gasteiger partial charge in [0.25, 0.3) is 5.91 Å². The van der Waals surface area contributed by atoms with Crippen LogP contribution in [0.1, 0.15) is 25.7 Å². The Morgan fingerprint density at radius 1 is 1.38 bits per heavy atom. The van der Waals surface area contributed by atoms with Crippen LogP contribution in [-0.2, 0) is 4.79 Å². The number of halogens is 2. The molecule has 116 valence electrons. The minimum absolute atomic E-state index is 0.0675. The Hall–Kier alpha value is -0.970. The van der Waals surface area contributed by atoms with Crippen LogP contribution in [0.15, 0.2) is 18.2 Å². The summed E-state index contributed by atoms with van der Waals surface area (Å²) in [5.41, 5.74) is 0. The Morgan fingerprint density at radius 3 is 2.95 bits per heavy atom. The van der Waals surface area contributed by atoms with Crippen molar-refractivity contribution in [3.05, 3.63) is 28.2 Å². The van der Waals surface area contributed by atoms with Crippen LogP contribution in [0.4, 0.5) is 0 Å². The van der Waals surface area contributed by atoms with Gasteiger partial charge in [0, 0.05) is 30.3 Å². The van der Waals surface area contributed by atoms with Gasteiger partial charge in [-0.3, -0.25) is 4.79 Å². The second-order valence-electron chi connectivity index (χ2n) is 5.11. The van der Waals surface area contributed by atoms with E-state index in [2.05, 4.69) is 0 Å². The Labute approximate surface area is 134 Å². The van der Waals surface area contributed by atoms with Crippen molar-refractivity contribution < 1.29 is 14.6 Å². The van der Waals surface area contributed by atoms with Crippen molar-refractivity contribution in [1.82, 2.24) is 4.90 Å². The van der Waals surface area contributed by atoms with Gasteiger partial charge in [0.2, 0.25) is 0 Å². The Kier molecular flexibility index (Phi) is 6.15. The van der Waals surface area contributed by atoms with E-state index >= 15 is 0 Å². The maximum Gasteiger partial charge on any atom is 0.260 e. The molecular weight excluding hydrogens is 313 g/mol. The fourth-order valence-corrected chi connectivity index (χ4v) is 2.92. The molecule has 0 saturated carbocycles. The molecule has 1 aliphatic heterocycles. The molecule has 1 aromatic carbocycles. The quantitative estimate of drug-likeness (QED) is 0.901. The average Bonchev–Trinajstić information content (AvgIpc) is 2.49. The van der Waals surface area contributed by atoms with E-state index in [0.717, 1.165) is 25.8 Å². The molecule has 0 aliphatic carbocycles. The maximum absolute atomic E-state index is 12.3. The summed E-state index contributed by atoms with van der Waals surface area (Å²) in [5.74, 6) is 0.331. The molecule has 2 rings (SSSR count). The zero-order valence-electron chi connectivity index (χ0n) is 11.7. The van der Waals surface area contributed by atoms with Crippen molar-refractivity contribution in [2.75, 3.05) is 19.8 Å². The summed E-state index contributed by atoms with van der Waals surface area (Å²) >= 11 is 11.9. The molecule has 0 aromatic heterocycles. The zero-order valence-corrected chi connectivity index (χ0v) is 13.2. The van der Waals surface area contributed by atoms with E-state index in [1.54, 1.807) is 23.1 Å². The lowest BCUT2D eigenvalue weighted by Crippen LogP contribution is -2.46. The van der Waals surface area contributed by atoms with Crippen molar-refractivity contribution in [3.63, 3.8) is 0 Å². The highest BCUT2D eigenvalue weighted by Crippen LogP contribution is 2.28. The summed E-state index contributed by atoms with van der Waals surface area (Å²) in [6, 6.07) is 5.01. The van der Waals surface area contributed by atoms with Gasteiger partial charge in [0.15, 0.2) is 6.61 Å². The van der Waals surface area contributed by atoms with Crippen LogP contribution in [-0.4, -0.2) is 41.7 Å². The minimum atomic E-state index is -0.0795. The summed E-state index contributed by atoms with van der Waals surface area (Å²) in [6.45, 7) is 0.744. The standard InChI is InChI=1S/C15H19Cl2NO3/c16-11-4-5-13(17)14(9-11)21-10-15(20)18-7-2-1-3-12(18)6-8-19/h4-5,9,12,19H,1-3,6-8,10H2. The summed E-state index contributed by atoms with van der Waals surface area (Å²) in [5, 5.41) is 10.0. The first-order valence-electron chi connectivity index (χ1n) is 7.10. The molecule has 1 heterocycles. The molecule has 0 bridgehead atoms. The normalized spacial score (nSPS) is 18.6. The molecule has 1 amide bonds. The first-order valence-corrected chi connectivity index (χ1v) is 7.85. The maximum atomic E-state index is 12.3. The lowest BCUT2D eigenvalue weighted by Gasteiger charge is -2.35. The fourth-order valence-electron chi connectivity index (χ4n) is 2.59. The fraction of sp³-hybridized carbons (Fsp3) is 0.533. The van der Waals surface area contributed by atoms with E-state index in [1.165, 1.54) is 0 Å². The van der Waals surface area contributed by atoms with E-state index in [1.807, 2.05) is 0 Å². The van der Waals surface area contributed by atoms with Crippen molar-refractivity contribution in [3.8, 4) is 5.75 Å². The lowest BCUT2D eigenvalue weighted by atomic mass is 9.99. The van der Waals surface area contributed by atoms with Crippen molar-refractivity contribution in [2.24, 2.45) is 0 Å². The summed E-state index contributed by atoms with van der Waals surface area (Å²) in [7, 11) is 0. The van der Waals surface area contributed by atoms with Crippen molar-refractivity contribution >= 4 is 29.1 Å². The number of benzene rings is 1. The number of likely N-dealkylation sites (tertiary alicyclic amines) is 1. The lowest BCUT2D eigenvalue weighted by molar-refractivity contribution is -0.137. The van der Waals surface area contributed by atoms with E-state index in [9.17, 15) is 4.79 Å². The van der Waals surface area contributed by atoms with Gasteiger partial charge in [0.1, 0.15) is 5.75 Å². The Morgan fingerprint density at radius 2 is 2.19 bits per heavy atom. The third kappa shape index (κ3) is 4.50. The van der Waals surface area contributed by atoms with E-state index in [-0.39, 0.29) is 25.2 Å². The van der Waals surface area contributed by atoms with Crippen LogP contribution in [0.25, 0.3) is 0 Å². The van der Waals surface area contributed by atoms with Gasteiger partial charge in [0.05, 0.1) is 5.02 Å². The van der Waals surface area contributed by atoms with Gasteiger partial charge >= 0.3 is 0 Å². The van der Waals surface area contributed by atoms with Gasteiger partial charge in [-0.05, 0) is 37.8 Å². The highest BCUT2D eigenvalue weighted by Gasteiger charge is 2.26. The van der Waals surface area contributed by atoms with Crippen LogP contribution >= 0.6 is 23.2 Å². The molecule has 1 fully saturated rings. The highest BCUT2D eigenvalue weighted by molar-refractivity contribution is 6.34. The SMILES string of the molecule is O=C(COc1cc(Cl)ccc1Cl)N1CCCCC1CCO. The van der Waals surface area contributed by atoms with E-state index in [4.69, 9.17) is 33.0 Å². The van der Waals surface area contributed by atoms with E-state index in [0.29, 0.717) is 22.2 Å². The van der Waals surface area contributed by atoms with E-state index < -0.39 is 0 Å². The molecule has 1 aliphatic rings. The van der Waals surface area contributed by atoms with Crippen molar-refractivity contribution in [2.45, 2.75) is 31.7 Å². The molecule has 0 spiro atoms. The van der Waals surface area contributed by atoms with Crippen LogP contribution < -0.4 is 4.74 Å². The highest BCUT2D eigenvalue weighted by atomic mass is 35.5. The van der Waals surface area contributed by atoms with Gasteiger partial charge in [-0.25, -0.2) is 0 Å².